The van der Waals surface area contributed by atoms with Crippen molar-refractivity contribution in [2.24, 2.45) is 0 Å². The number of carbonyl (C=O) groups is 1. The van der Waals surface area contributed by atoms with E-state index in [-0.39, 0.29) is 15.6 Å². The molecule has 0 aliphatic rings. The molecule has 0 aliphatic heterocycles. The lowest BCUT2D eigenvalue weighted by Gasteiger charge is -2.17. The summed E-state index contributed by atoms with van der Waals surface area (Å²) in [6.07, 6.45) is 1.71. The lowest BCUT2D eigenvalue weighted by atomic mass is 10.1. The van der Waals surface area contributed by atoms with E-state index in [1.165, 1.54) is 12.7 Å². The van der Waals surface area contributed by atoms with Crippen molar-refractivity contribution in [1.82, 2.24) is 4.98 Å². The highest BCUT2D eigenvalue weighted by molar-refractivity contribution is 7.72. The lowest BCUT2D eigenvalue weighted by molar-refractivity contribution is 0.0703. The number of nitrogens with one attached hydrogen (secondary N) is 1. The third-order valence-electron chi connectivity index (χ3n) is 5.37. The number of carboxylic acid groups (broad SMARTS) is 1. The first-order chi connectivity index (χ1) is 16.7. The number of fused-ring (bicyclic) bond motifs is 1. The van der Waals surface area contributed by atoms with Gasteiger partial charge in [-0.05, 0) is 42.0 Å². The molecule has 176 valence electrons. The third-order valence-corrected chi connectivity index (χ3v) is 9.20. The van der Waals surface area contributed by atoms with Crippen molar-refractivity contribution in [1.29, 1.82) is 0 Å². The van der Waals surface area contributed by atoms with Crippen LogP contribution in [-0.2, 0) is 4.57 Å². The van der Waals surface area contributed by atoms with Crippen LogP contribution in [0.1, 0.15) is 9.67 Å². The fourth-order valence-corrected chi connectivity index (χ4v) is 7.22. The van der Waals surface area contributed by atoms with Crippen LogP contribution >= 0.6 is 41.8 Å². The van der Waals surface area contributed by atoms with Crippen LogP contribution in [0.5, 0.6) is 0 Å². The van der Waals surface area contributed by atoms with Gasteiger partial charge in [0.15, 0.2) is 12.9 Å². The normalized spacial score (nSPS) is 13.0. The van der Waals surface area contributed by atoms with Crippen molar-refractivity contribution in [2.75, 3.05) is 11.8 Å². The molecular weight excluding hydrogens is 526 g/mol. The van der Waals surface area contributed by atoms with Gasteiger partial charge in [0.2, 0.25) is 0 Å². The Bertz CT molecular complexity index is 1600. The van der Waals surface area contributed by atoms with E-state index in [0.29, 0.717) is 26.5 Å². The largest absolute Gasteiger partial charge is 0.477 e. The molecule has 5 rings (SSSR count). The molecule has 3 aromatic heterocycles. The minimum atomic E-state index is -3.25. The smallest absolute Gasteiger partial charge is 0.348 e. The zero-order valence-corrected chi connectivity index (χ0v) is 21.4. The first-order valence-electron chi connectivity index (χ1n) is 10.4. The second-order valence-electron chi connectivity index (χ2n) is 7.87. The zero-order chi connectivity index (χ0) is 24.7. The molecule has 5 aromatic rings. The summed E-state index contributed by atoms with van der Waals surface area (Å²) in [5, 5.41) is 13.7. The van der Waals surface area contributed by atoms with Gasteiger partial charge < -0.3 is 14.6 Å². The highest BCUT2D eigenvalue weighted by Crippen LogP contribution is 2.46. The van der Waals surface area contributed by atoms with Crippen LogP contribution in [0, 0.1) is 0 Å². The Balaban J connectivity index is 1.46. The fraction of sp³-hybridized carbons (Fsp3) is 0.0400. The van der Waals surface area contributed by atoms with Gasteiger partial charge in [0.25, 0.3) is 0 Å². The van der Waals surface area contributed by atoms with Gasteiger partial charge >= 0.3 is 5.97 Å². The van der Waals surface area contributed by atoms with E-state index >= 15 is 0 Å². The Morgan fingerprint density at radius 2 is 1.80 bits per heavy atom. The first-order valence-corrected chi connectivity index (χ1v) is 14.1. The molecule has 0 amide bonds. The molecule has 0 aliphatic carbocycles. The molecule has 0 saturated heterocycles. The van der Waals surface area contributed by atoms with E-state index in [1.54, 1.807) is 24.4 Å². The van der Waals surface area contributed by atoms with Crippen molar-refractivity contribution in [3.05, 3.63) is 87.8 Å². The molecule has 1 atom stereocenters. The van der Waals surface area contributed by atoms with Gasteiger partial charge in [-0.3, -0.25) is 9.55 Å². The fourth-order valence-electron chi connectivity index (χ4n) is 3.70. The van der Waals surface area contributed by atoms with Crippen molar-refractivity contribution in [3.8, 4) is 21.8 Å². The van der Waals surface area contributed by atoms with Gasteiger partial charge in [-0.2, -0.15) is 0 Å². The van der Waals surface area contributed by atoms with Gasteiger partial charge in [0, 0.05) is 39.7 Å². The molecular formula is C25H17Cl2N2O4PS. The van der Waals surface area contributed by atoms with Gasteiger partial charge in [0.1, 0.15) is 16.2 Å². The predicted octanol–water partition coefficient (Wildman–Crippen LogP) is 7.87. The van der Waals surface area contributed by atoms with E-state index in [4.69, 9.17) is 27.6 Å². The Morgan fingerprint density at radius 3 is 2.49 bits per heavy atom. The van der Waals surface area contributed by atoms with Gasteiger partial charge in [0.05, 0.1) is 10.7 Å². The minimum Gasteiger partial charge on any atom is -0.477 e. The molecule has 2 N–H and O–H groups in total. The van der Waals surface area contributed by atoms with Crippen LogP contribution in [0.2, 0.25) is 10.0 Å². The van der Waals surface area contributed by atoms with Crippen LogP contribution in [0.25, 0.3) is 32.9 Å². The number of rotatable bonds is 6. The number of anilines is 1. The zero-order valence-electron chi connectivity index (χ0n) is 18.2. The standard InChI is InChI=1S/C25H17Cl2N2O4PS/c1-34(32,22-9-8-16(26)11-17(22)27)29-19-13-23(35-24(19)25(30)31)15-6-4-14(5-7-15)21-12-18-20(33-21)3-2-10-28-18/h2-13H,1H3,(H,29,32)(H,30,31). The molecule has 0 spiro atoms. The molecule has 10 heteroatoms. The quantitative estimate of drug-likeness (QED) is 0.212. The predicted molar refractivity (Wildman–Crippen MR) is 143 cm³/mol. The van der Waals surface area contributed by atoms with Crippen molar-refractivity contribution in [2.45, 2.75) is 0 Å². The molecule has 0 saturated carbocycles. The number of furan rings is 1. The Labute approximate surface area is 214 Å². The maximum Gasteiger partial charge on any atom is 0.348 e. The summed E-state index contributed by atoms with van der Waals surface area (Å²) in [6.45, 7) is 1.50. The first kappa shape index (κ1) is 23.6. The van der Waals surface area contributed by atoms with Gasteiger partial charge in [-0.1, -0.05) is 47.5 Å². The molecule has 35 heavy (non-hydrogen) atoms. The van der Waals surface area contributed by atoms with Gasteiger partial charge in [-0.25, -0.2) is 4.79 Å². The van der Waals surface area contributed by atoms with E-state index < -0.39 is 13.3 Å². The van der Waals surface area contributed by atoms with Crippen LogP contribution < -0.4 is 10.4 Å². The molecule has 0 radical (unpaired) electrons. The number of benzene rings is 2. The second kappa shape index (κ2) is 9.17. The number of aromatic nitrogens is 1. The topological polar surface area (TPSA) is 92.4 Å². The monoisotopic (exact) mass is 542 g/mol. The number of carboxylic acids is 1. The average molecular weight is 543 g/mol. The summed E-state index contributed by atoms with van der Waals surface area (Å²) >= 11 is 13.3. The number of pyridine rings is 1. The SMILES string of the molecule is CP(=O)(Nc1cc(-c2ccc(-c3cc4ncccc4o3)cc2)sc1C(=O)O)c1ccc(Cl)cc1Cl. The summed E-state index contributed by atoms with van der Waals surface area (Å²) in [7, 11) is -3.25. The molecule has 0 fully saturated rings. The maximum absolute atomic E-state index is 13.5. The van der Waals surface area contributed by atoms with E-state index in [2.05, 4.69) is 10.1 Å². The summed E-state index contributed by atoms with van der Waals surface area (Å²) in [5.74, 6) is -0.422. The molecule has 2 aromatic carbocycles. The summed E-state index contributed by atoms with van der Waals surface area (Å²) in [6, 6.07) is 19.5. The molecule has 0 bridgehead atoms. The molecule has 6 nitrogen and oxygen atoms in total. The van der Waals surface area contributed by atoms with E-state index in [1.807, 2.05) is 42.5 Å². The molecule has 3 heterocycles. The third kappa shape index (κ3) is 4.73. The number of aromatic carboxylic acids is 1. The second-order valence-corrected chi connectivity index (χ2v) is 12.3. The number of hydrogen-bond donors (Lipinski definition) is 2. The highest BCUT2D eigenvalue weighted by Gasteiger charge is 2.26. The Kier molecular flexibility index (Phi) is 6.20. The average Bonchev–Trinajstić information content (AvgIpc) is 3.43. The van der Waals surface area contributed by atoms with E-state index in [9.17, 15) is 14.5 Å². The van der Waals surface area contributed by atoms with Crippen LogP contribution in [0.4, 0.5) is 5.69 Å². The number of thiophene rings is 1. The Hall–Kier alpha value is -3.09. The van der Waals surface area contributed by atoms with Crippen molar-refractivity contribution in [3.63, 3.8) is 0 Å². The van der Waals surface area contributed by atoms with Crippen LogP contribution in [0.3, 0.4) is 0 Å². The van der Waals surface area contributed by atoms with E-state index in [0.717, 1.165) is 28.0 Å². The summed E-state index contributed by atoms with van der Waals surface area (Å²) in [5.41, 5.74) is 3.43. The number of nitrogens with zero attached hydrogens (tertiary/aromatic N) is 1. The number of hydrogen-bond acceptors (Lipinski definition) is 5. The lowest BCUT2D eigenvalue weighted by Crippen LogP contribution is -2.13. The van der Waals surface area contributed by atoms with Crippen LogP contribution in [0.15, 0.2) is 77.3 Å². The van der Waals surface area contributed by atoms with Gasteiger partial charge in [-0.15, -0.1) is 11.3 Å². The van der Waals surface area contributed by atoms with Crippen molar-refractivity contribution < 1.29 is 18.9 Å². The highest BCUT2D eigenvalue weighted by atomic mass is 35.5. The Morgan fingerprint density at radius 1 is 1.06 bits per heavy atom. The summed E-state index contributed by atoms with van der Waals surface area (Å²) in [4.78, 5) is 17.0. The molecule has 1 unspecified atom stereocenters. The summed E-state index contributed by atoms with van der Waals surface area (Å²) < 4.78 is 19.3. The van der Waals surface area contributed by atoms with Crippen LogP contribution in [-0.4, -0.2) is 22.7 Å². The maximum atomic E-state index is 13.5. The van der Waals surface area contributed by atoms with Crippen molar-refractivity contribution >= 4 is 69.9 Å². The minimum absolute atomic E-state index is 0.0552. The number of halogens is 2.